The lowest BCUT2D eigenvalue weighted by Gasteiger charge is -2.19. The number of rotatable bonds is 4. The minimum absolute atomic E-state index is 0.279. The molecule has 1 fully saturated rings. The first kappa shape index (κ1) is 12.5. The van der Waals surface area contributed by atoms with Crippen molar-refractivity contribution in [3.63, 3.8) is 0 Å². The molecule has 0 unspecified atom stereocenters. The highest BCUT2D eigenvalue weighted by molar-refractivity contribution is 7.91. The van der Waals surface area contributed by atoms with Gasteiger partial charge in [-0.2, -0.15) is 4.98 Å². The molecule has 1 saturated heterocycles. The quantitative estimate of drug-likeness (QED) is 0.813. The SMILES string of the molecule is NCCc1noc(CC2CCS(=O)(=O)CC2)n1. The molecule has 0 aliphatic carbocycles. The topological polar surface area (TPSA) is 99.1 Å². The van der Waals surface area contributed by atoms with E-state index in [1.807, 2.05) is 0 Å². The van der Waals surface area contributed by atoms with Crippen LogP contribution in [0, 0.1) is 5.92 Å². The standard InChI is InChI=1S/C10H17N3O3S/c11-4-1-9-12-10(16-13-9)7-8-2-5-17(14,15)6-3-8/h8H,1-7,11H2. The van der Waals surface area contributed by atoms with Crippen LogP contribution in [0.1, 0.15) is 24.6 Å². The van der Waals surface area contributed by atoms with Gasteiger partial charge in [0.2, 0.25) is 5.89 Å². The zero-order valence-corrected chi connectivity index (χ0v) is 10.4. The monoisotopic (exact) mass is 259 g/mol. The minimum Gasteiger partial charge on any atom is -0.339 e. The van der Waals surface area contributed by atoms with Crippen LogP contribution >= 0.6 is 0 Å². The van der Waals surface area contributed by atoms with Gasteiger partial charge in [0.25, 0.3) is 0 Å². The van der Waals surface area contributed by atoms with E-state index in [1.54, 1.807) is 0 Å². The number of nitrogens with zero attached hydrogens (tertiary/aromatic N) is 2. The summed E-state index contributed by atoms with van der Waals surface area (Å²) in [4.78, 5) is 4.22. The molecular weight excluding hydrogens is 242 g/mol. The van der Waals surface area contributed by atoms with E-state index in [2.05, 4.69) is 10.1 Å². The maximum Gasteiger partial charge on any atom is 0.226 e. The van der Waals surface area contributed by atoms with Gasteiger partial charge in [-0.05, 0) is 25.3 Å². The molecule has 2 N–H and O–H groups in total. The number of nitrogens with two attached hydrogens (primary N) is 1. The van der Waals surface area contributed by atoms with Crippen molar-refractivity contribution in [1.82, 2.24) is 10.1 Å². The Morgan fingerprint density at radius 3 is 2.71 bits per heavy atom. The second-order valence-corrected chi connectivity index (χ2v) is 6.75. The van der Waals surface area contributed by atoms with Gasteiger partial charge in [-0.3, -0.25) is 0 Å². The Morgan fingerprint density at radius 2 is 2.06 bits per heavy atom. The molecule has 0 amide bonds. The van der Waals surface area contributed by atoms with E-state index >= 15 is 0 Å². The molecule has 2 heterocycles. The third kappa shape index (κ3) is 3.50. The van der Waals surface area contributed by atoms with Gasteiger partial charge in [-0.1, -0.05) is 5.16 Å². The Balaban J connectivity index is 1.88. The zero-order valence-electron chi connectivity index (χ0n) is 9.63. The van der Waals surface area contributed by atoms with Crippen LogP contribution in [-0.2, 0) is 22.7 Å². The molecule has 7 heteroatoms. The summed E-state index contributed by atoms with van der Waals surface area (Å²) < 4.78 is 27.7. The molecule has 0 spiro atoms. The molecule has 96 valence electrons. The molecule has 1 aliphatic rings. The van der Waals surface area contributed by atoms with Gasteiger partial charge in [0, 0.05) is 12.8 Å². The van der Waals surface area contributed by atoms with Crippen LogP contribution in [0.3, 0.4) is 0 Å². The second-order valence-electron chi connectivity index (χ2n) is 4.44. The summed E-state index contributed by atoms with van der Waals surface area (Å²) in [5.74, 6) is 2.12. The summed E-state index contributed by atoms with van der Waals surface area (Å²) in [6, 6.07) is 0. The van der Waals surface area contributed by atoms with Crippen molar-refractivity contribution >= 4 is 9.84 Å². The van der Waals surface area contributed by atoms with Gasteiger partial charge >= 0.3 is 0 Å². The van der Waals surface area contributed by atoms with Crippen molar-refractivity contribution in [2.75, 3.05) is 18.1 Å². The molecule has 17 heavy (non-hydrogen) atoms. The first-order valence-electron chi connectivity index (χ1n) is 5.81. The summed E-state index contributed by atoms with van der Waals surface area (Å²) in [5, 5.41) is 3.82. The zero-order chi connectivity index (χ0) is 12.3. The molecule has 6 nitrogen and oxygen atoms in total. The maximum atomic E-state index is 11.3. The summed E-state index contributed by atoms with van der Waals surface area (Å²) in [5.41, 5.74) is 5.40. The summed E-state index contributed by atoms with van der Waals surface area (Å²) >= 11 is 0. The Bertz CT molecular complexity index is 455. The van der Waals surface area contributed by atoms with E-state index in [0.29, 0.717) is 49.9 Å². The van der Waals surface area contributed by atoms with Gasteiger partial charge in [0.1, 0.15) is 9.84 Å². The van der Waals surface area contributed by atoms with Crippen molar-refractivity contribution in [1.29, 1.82) is 0 Å². The van der Waals surface area contributed by atoms with Crippen LogP contribution in [0.2, 0.25) is 0 Å². The summed E-state index contributed by atoms with van der Waals surface area (Å²) in [6.45, 7) is 0.501. The van der Waals surface area contributed by atoms with Gasteiger partial charge in [-0.25, -0.2) is 8.42 Å². The highest BCUT2D eigenvalue weighted by Crippen LogP contribution is 2.22. The Labute approximate surface area is 100 Å². The highest BCUT2D eigenvalue weighted by atomic mass is 32.2. The number of aromatic nitrogens is 2. The fourth-order valence-electron chi connectivity index (χ4n) is 1.99. The largest absolute Gasteiger partial charge is 0.339 e. The van der Waals surface area contributed by atoms with Crippen LogP contribution in [0.25, 0.3) is 0 Å². The summed E-state index contributed by atoms with van der Waals surface area (Å²) in [7, 11) is -2.79. The van der Waals surface area contributed by atoms with E-state index in [4.69, 9.17) is 10.3 Å². The first-order chi connectivity index (χ1) is 8.09. The molecule has 1 aromatic rings. The van der Waals surface area contributed by atoms with E-state index in [0.717, 1.165) is 0 Å². The Hall–Kier alpha value is -0.950. The van der Waals surface area contributed by atoms with Crippen molar-refractivity contribution in [2.24, 2.45) is 11.7 Å². The molecule has 0 saturated carbocycles. The van der Waals surface area contributed by atoms with Crippen molar-refractivity contribution < 1.29 is 12.9 Å². The Kier molecular flexibility index (Phi) is 3.78. The lowest BCUT2D eigenvalue weighted by atomic mass is 9.99. The van der Waals surface area contributed by atoms with Gasteiger partial charge in [0.15, 0.2) is 5.82 Å². The van der Waals surface area contributed by atoms with E-state index < -0.39 is 9.84 Å². The molecule has 1 aromatic heterocycles. The van der Waals surface area contributed by atoms with Crippen molar-refractivity contribution in [3.05, 3.63) is 11.7 Å². The lowest BCUT2D eigenvalue weighted by molar-refractivity contribution is 0.339. The van der Waals surface area contributed by atoms with Gasteiger partial charge in [0.05, 0.1) is 11.5 Å². The van der Waals surface area contributed by atoms with E-state index in [1.165, 1.54) is 0 Å². The van der Waals surface area contributed by atoms with Crippen LogP contribution in [0.5, 0.6) is 0 Å². The Morgan fingerprint density at radius 1 is 1.35 bits per heavy atom. The molecule has 0 bridgehead atoms. The number of sulfone groups is 1. The molecule has 2 rings (SSSR count). The highest BCUT2D eigenvalue weighted by Gasteiger charge is 2.25. The average molecular weight is 259 g/mol. The maximum absolute atomic E-state index is 11.3. The van der Waals surface area contributed by atoms with Crippen LogP contribution < -0.4 is 5.73 Å². The van der Waals surface area contributed by atoms with Gasteiger partial charge in [-0.15, -0.1) is 0 Å². The van der Waals surface area contributed by atoms with E-state index in [9.17, 15) is 8.42 Å². The smallest absolute Gasteiger partial charge is 0.226 e. The molecule has 0 radical (unpaired) electrons. The van der Waals surface area contributed by atoms with Crippen LogP contribution in [0.15, 0.2) is 4.52 Å². The molecule has 0 atom stereocenters. The van der Waals surface area contributed by atoms with Crippen molar-refractivity contribution in [2.45, 2.75) is 25.7 Å². The molecule has 0 aromatic carbocycles. The molecule has 1 aliphatic heterocycles. The number of hydrogen-bond donors (Lipinski definition) is 1. The first-order valence-corrected chi connectivity index (χ1v) is 7.63. The summed E-state index contributed by atoms with van der Waals surface area (Å²) in [6.07, 6.45) is 2.67. The predicted octanol–water partition coefficient (Wildman–Crippen LogP) is -0.0619. The molecular formula is C10H17N3O3S. The normalized spacial score (nSPS) is 20.5. The van der Waals surface area contributed by atoms with E-state index in [-0.39, 0.29) is 11.5 Å². The third-order valence-electron chi connectivity index (χ3n) is 3.02. The fraction of sp³-hybridized carbons (Fsp3) is 0.800. The predicted molar refractivity (Wildman–Crippen MR) is 62.1 cm³/mol. The number of hydrogen-bond acceptors (Lipinski definition) is 6. The second kappa shape index (κ2) is 5.14. The van der Waals surface area contributed by atoms with Crippen LogP contribution in [0.4, 0.5) is 0 Å². The van der Waals surface area contributed by atoms with Crippen molar-refractivity contribution in [3.8, 4) is 0 Å². The average Bonchev–Trinajstić information content (AvgIpc) is 2.70. The van der Waals surface area contributed by atoms with Gasteiger partial charge < -0.3 is 10.3 Å². The third-order valence-corrected chi connectivity index (χ3v) is 4.73. The minimum atomic E-state index is -2.79. The lowest BCUT2D eigenvalue weighted by Crippen LogP contribution is -2.24. The fourth-order valence-corrected chi connectivity index (χ4v) is 3.58. The van der Waals surface area contributed by atoms with Crippen LogP contribution in [-0.4, -0.2) is 36.6 Å².